The van der Waals surface area contributed by atoms with Crippen LogP contribution in [0, 0.1) is 5.41 Å². The number of aliphatic hydroxyl groups excluding tert-OH is 1. The summed E-state index contributed by atoms with van der Waals surface area (Å²) in [6.45, 7) is 7.61. The molecule has 1 aromatic rings. The minimum Gasteiger partial charge on any atom is -0.497 e. The molecule has 3 unspecified atom stereocenters. The van der Waals surface area contributed by atoms with Crippen LogP contribution in [-0.4, -0.2) is 36.5 Å². The van der Waals surface area contributed by atoms with Crippen LogP contribution in [0.15, 0.2) is 35.9 Å². The molecule has 0 fully saturated rings. The summed E-state index contributed by atoms with van der Waals surface area (Å²) in [5.41, 5.74) is 1.45. The maximum atomic E-state index is 11.4. The lowest BCUT2D eigenvalue weighted by atomic mass is 9.80. The van der Waals surface area contributed by atoms with Gasteiger partial charge < -0.3 is 19.3 Å². The molecule has 5 nitrogen and oxygen atoms in total. The van der Waals surface area contributed by atoms with Gasteiger partial charge in [0.15, 0.2) is 0 Å². The molecule has 0 aliphatic heterocycles. The third-order valence-electron chi connectivity index (χ3n) is 4.67. The summed E-state index contributed by atoms with van der Waals surface area (Å²) in [5.74, 6) is 0.472. The van der Waals surface area contributed by atoms with Crippen LogP contribution in [0.5, 0.6) is 5.75 Å². The first kappa shape index (κ1) is 19.5. The molecule has 138 valence electrons. The van der Waals surface area contributed by atoms with E-state index in [2.05, 4.69) is 0 Å². The molecule has 1 N–H and O–H groups in total. The number of hydrogen-bond acceptors (Lipinski definition) is 5. The molecule has 0 radical (unpaired) electrons. The van der Waals surface area contributed by atoms with E-state index < -0.39 is 17.6 Å². The summed E-state index contributed by atoms with van der Waals surface area (Å²) in [7, 11) is 1.63. The van der Waals surface area contributed by atoms with Crippen LogP contribution in [0.2, 0.25) is 0 Å². The lowest BCUT2D eigenvalue weighted by Gasteiger charge is -2.34. The molecule has 5 heteroatoms. The van der Waals surface area contributed by atoms with Gasteiger partial charge >= 0.3 is 5.97 Å². The number of ether oxygens (including phenoxy) is 3. The van der Waals surface area contributed by atoms with Crippen LogP contribution in [-0.2, 0) is 20.9 Å². The Labute approximate surface area is 149 Å². The van der Waals surface area contributed by atoms with Gasteiger partial charge in [0.1, 0.15) is 18.0 Å². The molecule has 0 saturated carbocycles. The summed E-state index contributed by atoms with van der Waals surface area (Å²) in [6.07, 6.45) is 0.935. The third kappa shape index (κ3) is 5.06. The van der Waals surface area contributed by atoms with Gasteiger partial charge in [0.25, 0.3) is 0 Å². The lowest BCUT2D eigenvalue weighted by Crippen LogP contribution is -2.40. The lowest BCUT2D eigenvalue weighted by molar-refractivity contribution is -0.147. The van der Waals surface area contributed by atoms with Gasteiger partial charge in [-0.3, -0.25) is 4.79 Å². The number of aliphatic hydroxyl groups is 1. The van der Waals surface area contributed by atoms with Gasteiger partial charge in [0.05, 0.1) is 19.8 Å². The van der Waals surface area contributed by atoms with Gasteiger partial charge in [-0.25, -0.2) is 0 Å². The van der Waals surface area contributed by atoms with E-state index in [1.807, 2.05) is 51.1 Å². The third-order valence-corrected chi connectivity index (χ3v) is 4.67. The zero-order chi connectivity index (χ0) is 18.6. The Bertz CT molecular complexity index is 617. The Morgan fingerprint density at radius 2 is 1.92 bits per heavy atom. The number of hydrogen-bond donors (Lipinski definition) is 1. The van der Waals surface area contributed by atoms with Crippen LogP contribution in [0.3, 0.4) is 0 Å². The van der Waals surface area contributed by atoms with Crippen molar-refractivity contribution in [1.82, 2.24) is 0 Å². The van der Waals surface area contributed by atoms with E-state index in [1.54, 1.807) is 7.11 Å². The smallest absolute Gasteiger partial charge is 0.303 e. The largest absolute Gasteiger partial charge is 0.497 e. The number of esters is 1. The fraction of sp³-hybridized carbons (Fsp3) is 0.550. The number of rotatable bonds is 5. The Hall–Kier alpha value is -1.85. The molecule has 0 aromatic heterocycles. The normalized spacial score (nSPS) is 25.7. The number of methoxy groups -OCH3 is 1. The van der Waals surface area contributed by atoms with Gasteiger partial charge in [0, 0.05) is 6.92 Å². The molecule has 25 heavy (non-hydrogen) atoms. The predicted molar refractivity (Wildman–Crippen MR) is 95.3 cm³/mol. The van der Waals surface area contributed by atoms with E-state index in [4.69, 9.17) is 14.2 Å². The quantitative estimate of drug-likeness (QED) is 0.654. The topological polar surface area (TPSA) is 65.0 Å². The van der Waals surface area contributed by atoms with E-state index in [9.17, 15) is 9.90 Å². The van der Waals surface area contributed by atoms with Crippen molar-refractivity contribution >= 4 is 5.97 Å². The maximum absolute atomic E-state index is 11.4. The highest BCUT2D eigenvalue weighted by Crippen LogP contribution is 2.37. The van der Waals surface area contributed by atoms with Gasteiger partial charge in [0.2, 0.25) is 0 Å². The second kappa shape index (κ2) is 8.02. The minimum atomic E-state index is -0.693. The minimum absolute atomic E-state index is 0.319. The Kier molecular flexibility index (Phi) is 6.25. The molecular weight excluding hydrogens is 320 g/mol. The van der Waals surface area contributed by atoms with Gasteiger partial charge in [-0.1, -0.05) is 32.1 Å². The predicted octanol–water partition coefficient (Wildman–Crippen LogP) is 3.25. The molecule has 0 bridgehead atoms. The summed E-state index contributed by atoms with van der Waals surface area (Å²) >= 11 is 0. The van der Waals surface area contributed by atoms with Crippen molar-refractivity contribution in [1.29, 1.82) is 0 Å². The van der Waals surface area contributed by atoms with Gasteiger partial charge in [-0.05, 0) is 42.0 Å². The van der Waals surface area contributed by atoms with Crippen molar-refractivity contribution < 1.29 is 24.1 Å². The van der Waals surface area contributed by atoms with E-state index >= 15 is 0 Å². The molecule has 1 aliphatic carbocycles. The van der Waals surface area contributed by atoms with Crippen molar-refractivity contribution in [2.45, 2.75) is 59.0 Å². The Morgan fingerprint density at radius 3 is 2.48 bits per heavy atom. The first-order valence-electron chi connectivity index (χ1n) is 8.51. The van der Waals surface area contributed by atoms with Crippen LogP contribution >= 0.6 is 0 Å². The van der Waals surface area contributed by atoms with Crippen molar-refractivity contribution in [3.63, 3.8) is 0 Å². The summed E-state index contributed by atoms with van der Waals surface area (Å²) < 4.78 is 16.6. The van der Waals surface area contributed by atoms with E-state index in [-0.39, 0.29) is 12.1 Å². The Balaban J connectivity index is 2.13. The average molecular weight is 348 g/mol. The maximum Gasteiger partial charge on any atom is 0.303 e. The highest BCUT2D eigenvalue weighted by Gasteiger charge is 2.40. The molecule has 3 atom stereocenters. The number of benzene rings is 1. The highest BCUT2D eigenvalue weighted by molar-refractivity contribution is 5.66. The first-order valence-corrected chi connectivity index (χ1v) is 8.51. The molecule has 2 rings (SSSR count). The van der Waals surface area contributed by atoms with Crippen molar-refractivity contribution in [2.24, 2.45) is 5.41 Å². The second-order valence-electron chi connectivity index (χ2n) is 7.27. The van der Waals surface area contributed by atoms with E-state index in [0.717, 1.165) is 16.9 Å². The van der Waals surface area contributed by atoms with Gasteiger partial charge in [-0.2, -0.15) is 0 Å². The fourth-order valence-corrected chi connectivity index (χ4v) is 3.05. The van der Waals surface area contributed by atoms with Crippen LogP contribution in [0.1, 0.15) is 39.7 Å². The molecule has 0 amide bonds. The zero-order valence-electron chi connectivity index (χ0n) is 15.6. The molecule has 1 aromatic carbocycles. The summed E-state index contributed by atoms with van der Waals surface area (Å²) in [6, 6.07) is 7.63. The molecular formula is C20H28O5. The van der Waals surface area contributed by atoms with Crippen LogP contribution < -0.4 is 4.74 Å². The highest BCUT2D eigenvalue weighted by atomic mass is 16.5. The average Bonchev–Trinajstić information content (AvgIpc) is 2.63. The Morgan fingerprint density at radius 1 is 1.28 bits per heavy atom. The van der Waals surface area contributed by atoms with Crippen LogP contribution in [0.4, 0.5) is 0 Å². The zero-order valence-corrected chi connectivity index (χ0v) is 15.6. The summed E-state index contributed by atoms with van der Waals surface area (Å²) in [5, 5.41) is 10.8. The van der Waals surface area contributed by atoms with Gasteiger partial charge in [-0.15, -0.1) is 0 Å². The molecule has 0 heterocycles. The molecule has 0 spiro atoms. The van der Waals surface area contributed by atoms with E-state index in [0.29, 0.717) is 13.0 Å². The van der Waals surface area contributed by atoms with Crippen molar-refractivity contribution in [3.05, 3.63) is 41.5 Å². The fourth-order valence-electron chi connectivity index (χ4n) is 3.05. The standard InChI is InChI=1S/C20H28O5/c1-13-10-17(24-12-15-6-8-16(23-5)9-7-15)19(22)20(3,4)11-18(13)25-14(2)21/h6-10,17-19,22H,11-12H2,1-5H3. The number of carbonyl (C=O) groups excluding carboxylic acids is 1. The molecule has 1 aliphatic rings. The number of carbonyl (C=O) groups is 1. The van der Waals surface area contributed by atoms with Crippen molar-refractivity contribution in [3.8, 4) is 5.75 Å². The van der Waals surface area contributed by atoms with E-state index in [1.165, 1.54) is 6.92 Å². The van der Waals surface area contributed by atoms with Crippen molar-refractivity contribution in [2.75, 3.05) is 7.11 Å². The molecule has 0 saturated heterocycles. The second-order valence-corrected chi connectivity index (χ2v) is 7.27. The first-order chi connectivity index (χ1) is 11.7. The SMILES string of the molecule is COc1ccc(COC2C=C(C)C(OC(C)=O)CC(C)(C)C2O)cc1. The summed E-state index contributed by atoms with van der Waals surface area (Å²) in [4.78, 5) is 11.4. The van der Waals surface area contributed by atoms with Crippen LogP contribution in [0.25, 0.3) is 0 Å². The monoisotopic (exact) mass is 348 g/mol.